The van der Waals surface area contributed by atoms with E-state index in [9.17, 15) is 13.2 Å². The van der Waals surface area contributed by atoms with Crippen molar-refractivity contribution in [3.05, 3.63) is 83.9 Å². The molecule has 0 aliphatic carbocycles. The maximum absolute atomic E-state index is 13.6. The lowest BCUT2D eigenvalue weighted by molar-refractivity contribution is -0.116. The molecule has 0 unspecified atom stereocenters. The van der Waals surface area contributed by atoms with Crippen LogP contribution < -0.4 is 10.1 Å². The number of sulfonamides is 1. The number of methoxy groups -OCH3 is 1. The van der Waals surface area contributed by atoms with Crippen molar-refractivity contribution in [1.29, 1.82) is 0 Å². The number of ether oxygens (including phenoxy) is 1. The molecule has 1 amide bonds. The van der Waals surface area contributed by atoms with Crippen LogP contribution in [-0.2, 0) is 21.2 Å². The average molecular weight is 485 g/mol. The maximum atomic E-state index is 13.6. The molecule has 0 aliphatic heterocycles. The number of benzene rings is 3. The Balaban J connectivity index is 1.88. The van der Waals surface area contributed by atoms with Gasteiger partial charge in [-0.1, -0.05) is 42.5 Å². The number of hydrogen-bond donors (Lipinski definition) is 1. The quantitative estimate of drug-likeness (QED) is 0.426. The van der Waals surface area contributed by atoms with Crippen molar-refractivity contribution in [3.63, 3.8) is 0 Å². The van der Waals surface area contributed by atoms with E-state index in [4.69, 9.17) is 4.74 Å². The Hall–Kier alpha value is -2.81. The first-order chi connectivity index (χ1) is 15.8. The summed E-state index contributed by atoms with van der Waals surface area (Å²) < 4.78 is 33.8. The van der Waals surface area contributed by atoms with Crippen LogP contribution in [0.5, 0.6) is 5.75 Å². The largest absolute Gasteiger partial charge is 0.495 e. The first-order valence-electron chi connectivity index (χ1n) is 10.5. The first-order valence-corrected chi connectivity index (χ1v) is 13.1. The molecule has 0 atom stereocenters. The third-order valence-electron chi connectivity index (χ3n) is 5.10. The topological polar surface area (TPSA) is 75.7 Å². The highest BCUT2D eigenvalue weighted by atomic mass is 32.2. The van der Waals surface area contributed by atoms with Crippen molar-refractivity contribution in [1.82, 2.24) is 4.31 Å². The predicted molar refractivity (Wildman–Crippen MR) is 133 cm³/mol. The molecular weight excluding hydrogens is 456 g/mol. The smallest absolute Gasteiger partial charge is 0.247 e. The second-order valence-electron chi connectivity index (χ2n) is 7.51. The number of nitrogens with zero attached hydrogens (tertiary/aromatic N) is 1. The number of hydrogen-bond acceptors (Lipinski definition) is 5. The predicted octanol–water partition coefficient (Wildman–Crippen LogP) is 4.60. The molecule has 0 heterocycles. The summed E-state index contributed by atoms with van der Waals surface area (Å²) in [6.07, 6.45) is 2.43. The third kappa shape index (κ3) is 6.60. The van der Waals surface area contributed by atoms with E-state index in [1.165, 1.54) is 11.4 Å². The highest BCUT2D eigenvalue weighted by Gasteiger charge is 2.29. The molecule has 8 heteroatoms. The highest BCUT2D eigenvalue weighted by molar-refractivity contribution is 7.98. The van der Waals surface area contributed by atoms with Crippen molar-refractivity contribution in [2.24, 2.45) is 0 Å². The molecule has 174 valence electrons. The van der Waals surface area contributed by atoms with E-state index in [1.54, 1.807) is 36.0 Å². The van der Waals surface area contributed by atoms with Crippen LogP contribution in [0.3, 0.4) is 0 Å². The second kappa shape index (κ2) is 11.4. The number of rotatable bonds is 10. The van der Waals surface area contributed by atoms with E-state index in [0.717, 1.165) is 16.0 Å². The summed E-state index contributed by atoms with van der Waals surface area (Å²) in [5.74, 6) is -0.157. The zero-order valence-electron chi connectivity index (χ0n) is 18.9. The average Bonchev–Trinajstić information content (AvgIpc) is 2.82. The van der Waals surface area contributed by atoms with Crippen LogP contribution in [-0.4, -0.2) is 45.1 Å². The summed E-state index contributed by atoms with van der Waals surface area (Å²) in [7, 11) is -2.56. The van der Waals surface area contributed by atoms with Crippen LogP contribution >= 0.6 is 11.8 Å². The van der Waals surface area contributed by atoms with Gasteiger partial charge < -0.3 is 10.1 Å². The molecular formula is C25H28N2O4S2. The summed E-state index contributed by atoms with van der Waals surface area (Å²) in [6.45, 7) is 1.66. The van der Waals surface area contributed by atoms with Gasteiger partial charge in [0.05, 0.1) is 13.7 Å². The Morgan fingerprint density at radius 1 is 1.03 bits per heavy atom. The lowest BCUT2D eigenvalue weighted by atomic mass is 10.1. The molecule has 0 aliphatic rings. The Labute approximate surface area is 200 Å². The Morgan fingerprint density at radius 2 is 1.79 bits per heavy atom. The fourth-order valence-corrected chi connectivity index (χ4v) is 5.47. The van der Waals surface area contributed by atoms with Crippen molar-refractivity contribution < 1.29 is 17.9 Å². The minimum Gasteiger partial charge on any atom is -0.495 e. The molecule has 3 rings (SSSR count). The van der Waals surface area contributed by atoms with Gasteiger partial charge in [-0.25, -0.2) is 8.42 Å². The van der Waals surface area contributed by atoms with E-state index in [2.05, 4.69) is 5.32 Å². The van der Waals surface area contributed by atoms with E-state index in [-0.39, 0.29) is 23.7 Å². The van der Waals surface area contributed by atoms with Crippen molar-refractivity contribution in [2.75, 3.05) is 31.8 Å². The Morgan fingerprint density at radius 3 is 2.48 bits per heavy atom. The Bertz CT molecular complexity index is 1200. The Kier molecular flexibility index (Phi) is 8.55. The van der Waals surface area contributed by atoms with Gasteiger partial charge >= 0.3 is 0 Å². The minimum atomic E-state index is -3.99. The molecule has 1 N–H and O–H groups in total. The SMILES string of the molecule is COc1ccc(C)cc1S(=O)(=O)N(CCc1ccccc1)CC(=O)Nc1cccc(SC)c1. The molecule has 33 heavy (non-hydrogen) atoms. The van der Waals surface area contributed by atoms with E-state index in [0.29, 0.717) is 12.1 Å². The van der Waals surface area contributed by atoms with E-state index >= 15 is 0 Å². The van der Waals surface area contributed by atoms with Crippen molar-refractivity contribution in [3.8, 4) is 5.75 Å². The summed E-state index contributed by atoms with van der Waals surface area (Å²) in [4.78, 5) is 13.9. The van der Waals surface area contributed by atoms with Gasteiger partial charge in [-0.05, 0) is 61.1 Å². The van der Waals surface area contributed by atoms with Gasteiger partial charge in [0.15, 0.2) is 0 Å². The highest BCUT2D eigenvalue weighted by Crippen LogP contribution is 2.28. The number of anilines is 1. The summed E-state index contributed by atoms with van der Waals surface area (Å²) in [5, 5.41) is 2.82. The third-order valence-corrected chi connectivity index (χ3v) is 7.69. The van der Waals surface area contributed by atoms with Crippen molar-refractivity contribution in [2.45, 2.75) is 23.1 Å². The van der Waals surface area contributed by atoms with Gasteiger partial charge in [-0.2, -0.15) is 4.31 Å². The standard InChI is InChI=1S/C25H28N2O4S2/c1-19-12-13-23(31-2)24(16-19)33(29,30)27(15-14-20-8-5-4-6-9-20)18-25(28)26-21-10-7-11-22(17-21)32-3/h4-13,16-17H,14-15,18H2,1-3H3,(H,26,28). The fourth-order valence-electron chi connectivity index (χ4n) is 3.37. The molecule has 3 aromatic rings. The molecule has 0 saturated heterocycles. The first kappa shape index (κ1) is 24.8. The van der Waals surface area contributed by atoms with Crippen molar-refractivity contribution >= 4 is 33.4 Å². The van der Waals surface area contributed by atoms with Crippen LogP contribution in [0.1, 0.15) is 11.1 Å². The number of thioether (sulfide) groups is 1. The molecule has 0 radical (unpaired) electrons. The van der Waals surface area contributed by atoms with Crippen LogP contribution in [0, 0.1) is 6.92 Å². The number of nitrogens with one attached hydrogen (secondary N) is 1. The van der Waals surface area contributed by atoms with E-state index in [1.807, 2.05) is 61.7 Å². The number of aryl methyl sites for hydroxylation is 1. The van der Waals surface area contributed by atoms with E-state index < -0.39 is 15.9 Å². The normalized spacial score (nSPS) is 11.4. The lowest BCUT2D eigenvalue weighted by Gasteiger charge is -2.23. The molecule has 3 aromatic carbocycles. The van der Waals surface area contributed by atoms with Gasteiger partial charge in [0.25, 0.3) is 0 Å². The summed E-state index contributed by atoms with van der Waals surface area (Å²) in [6, 6.07) is 22.0. The van der Waals surface area contributed by atoms with Gasteiger partial charge in [0, 0.05) is 17.1 Å². The fraction of sp³-hybridized carbons (Fsp3) is 0.240. The molecule has 0 bridgehead atoms. The van der Waals surface area contributed by atoms with Gasteiger partial charge in [0.2, 0.25) is 15.9 Å². The number of amides is 1. The zero-order valence-corrected chi connectivity index (χ0v) is 20.6. The van der Waals surface area contributed by atoms with Gasteiger partial charge in [-0.15, -0.1) is 11.8 Å². The number of carbonyl (C=O) groups excluding carboxylic acids is 1. The van der Waals surface area contributed by atoms with Crippen LogP contribution in [0.2, 0.25) is 0 Å². The molecule has 0 saturated carbocycles. The van der Waals surface area contributed by atoms with Gasteiger partial charge in [0.1, 0.15) is 10.6 Å². The molecule has 6 nitrogen and oxygen atoms in total. The maximum Gasteiger partial charge on any atom is 0.247 e. The zero-order chi connectivity index (χ0) is 23.8. The summed E-state index contributed by atoms with van der Waals surface area (Å²) in [5.41, 5.74) is 2.40. The molecule has 0 aromatic heterocycles. The van der Waals surface area contributed by atoms with Crippen LogP contribution in [0.25, 0.3) is 0 Å². The minimum absolute atomic E-state index is 0.0512. The second-order valence-corrected chi connectivity index (χ2v) is 10.3. The van der Waals surface area contributed by atoms with Crippen LogP contribution in [0.4, 0.5) is 5.69 Å². The van der Waals surface area contributed by atoms with Crippen LogP contribution in [0.15, 0.2) is 82.6 Å². The molecule has 0 spiro atoms. The lowest BCUT2D eigenvalue weighted by Crippen LogP contribution is -2.39. The van der Waals surface area contributed by atoms with Gasteiger partial charge in [-0.3, -0.25) is 4.79 Å². The number of carbonyl (C=O) groups is 1. The molecule has 0 fully saturated rings. The summed E-state index contributed by atoms with van der Waals surface area (Å²) >= 11 is 1.57. The monoisotopic (exact) mass is 484 g/mol.